The number of ketones is 2. The number of fused-ring (bicyclic) bond motifs is 1. The van der Waals surface area contributed by atoms with Crippen LogP contribution in [0.5, 0.6) is 0 Å². The zero-order valence-electron chi connectivity index (χ0n) is 9.24. The minimum absolute atomic E-state index is 0.162. The standard InChI is InChI=1S/C14H8ClNO2/c15-8-1-3-10-12(7-16-13(10)5-8)11-6-9(17)2-4-14(11)18/h1-7,16H. The Balaban J connectivity index is 2.21. The summed E-state index contributed by atoms with van der Waals surface area (Å²) >= 11 is 5.90. The van der Waals surface area contributed by atoms with Crippen LogP contribution in [-0.2, 0) is 9.59 Å². The third-order valence-electron chi connectivity index (χ3n) is 2.88. The van der Waals surface area contributed by atoms with Gasteiger partial charge in [-0.3, -0.25) is 9.59 Å². The fourth-order valence-electron chi connectivity index (χ4n) is 2.04. The molecule has 88 valence electrons. The van der Waals surface area contributed by atoms with Gasteiger partial charge >= 0.3 is 0 Å². The first-order chi connectivity index (χ1) is 8.65. The average molecular weight is 258 g/mol. The van der Waals surface area contributed by atoms with Gasteiger partial charge in [-0.2, -0.15) is 0 Å². The molecule has 1 aromatic heterocycles. The van der Waals surface area contributed by atoms with Gasteiger partial charge in [-0.1, -0.05) is 17.7 Å². The summed E-state index contributed by atoms with van der Waals surface area (Å²) in [5.41, 5.74) is 1.98. The van der Waals surface area contributed by atoms with Gasteiger partial charge in [-0.25, -0.2) is 0 Å². The summed E-state index contributed by atoms with van der Waals surface area (Å²) < 4.78 is 0. The molecule has 2 aromatic rings. The third kappa shape index (κ3) is 1.69. The molecule has 3 nitrogen and oxygen atoms in total. The molecule has 1 N–H and O–H groups in total. The Morgan fingerprint density at radius 3 is 2.78 bits per heavy atom. The lowest BCUT2D eigenvalue weighted by molar-refractivity contribution is -0.113. The van der Waals surface area contributed by atoms with E-state index in [-0.39, 0.29) is 11.6 Å². The highest BCUT2D eigenvalue weighted by Gasteiger charge is 2.18. The fourth-order valence-corrected chi connectivity index (χ4v) is 2.21. The van der Waals surface area contributed by atoms with Crippen LogP contribution in [0.15, 0.2) is 42.6 Å². The highest BCUT2D eigenvalue weighted by atomic mass is 35.5. The molecule has 0 bridgehead atoms. The van der Waals surface area contributed by atoms with Crippen LogP contribution in [0.3, 0.4) is 0 Å². The first kappa shape index (κ1) is 11.0. The second-order valence-corrected chi connectivity index (χ2v) is 4.49. The molecule has 0 unspecified atom stereocenters. The fraction of sp³-hybridized carbons (Fsp3) is 0. The van der Waals surface area contributed by atoms with Gasteiger partial charge in [0, 0.05) is 33.3 Å². The molecule has 0 aliphatic heterocycles. The number of carbonyl (C=O) groups excluding carboxylic acids is 2. The van der Waals surface area contributed by atoms with Gasteiger partial charge in [-0.05, 0) is 30.4 Å². The van der Waals surface area contributed by atoms with Crippen molar-refractivity contribution in [1.29, 1.82) is 0 Å². The Morgan fingerprint density at radius 2 is 1.94 bits per heavy atom. The Hall–Kier alpha value is -2.13. The van der Waals surface area contributed by atoms with E-state index in [1.165, 1.54) is 18.2 Å². The minimum atomic E-state index is -0.173. The number of aromatic amines is 1. The quantitative estimate of drug-likeness (QED) is 0.799. The number of aromatic nitrogens is 1. The highest BCUT2D eigenvalue weighted by molar-refractivity contribution is 6.36. The van der Waals surface area contributed by atoms with E-state index in [1.54, 1.807) is 18.3 Å². The first-order valence-electron chi connectivity index (χ1n) is 5.40. The van der Waals surface area contributed by atoms with E-state index in [4.69, 9.17) is 11.6 Å². The van der Waals surface area contributed by atoms with Crippen molar-refractivity contribution in [3.8, 4) is 0 Å². The van der Waals surface area contributed by atoms with E-state index in [0.29, 0.717) is 10.6 Å². The predicted molar refractivity (Wildman–Crippen MR) is 70.4 cm³/mol. The molecular formula is C14H8ClNO2. The van der Waals surface area contributed by atoms with Gasteiger partial charge in [0.25, 0.3) is 0 Å². The van der Waals surface area contributed by atoms with Gasteiger partial charge in [0.15, 0.2) is 11.6 Å². The maximum atomic E-state index is 11.8. The van der Waals surface area contributed by atoms with Crippen LogP contribution in [0.2, 0.25) is 5.02 Å². The molecule has 0 atom stereocenters. The lowest BCUT2D eigenvalue weighted by atomic mass is 9.96. The van der Waals surface area contributed by atoms with E-state index in [1.807, 2.05) is 6.07 Å². The predicted octanol–water partition coefficient (Wildman–Crippen LogP) is 2.91. The number of H-pyrrole nitrogens is 1. The van der Waals surface area contributed by atoms with Crippen molar-refractivity contribution in [2.75, 3.05) is 0 Å². The molecule has 1 aromatic carbocycles. The van der Waals surface area contributed by atoms with Gasteiger partial charge in [0.05, 0.1) is 0 Å². The van der Waals surface area contributed by atoms with Crippen molar-refractivity contribution in [3.05, 3.63) is 53.2 Å². The summed E-state index contributed by atoms with van der Waals surface area (Å²) in [6.07, 6.45) is 5.65. The van der Waals surface area contributed by atoms with Crippen molar-refractivity contribution in [3.63, 3.8) is 0 Å². The molecule has 1 aliphatic carbocycles. The van der Waals surface area contributed by atoms with Crippen LogP contribution in [0, 0.1) is 0 Å². The summed E-state index contributed by atoms with van der Waals surface area (Å²) in [7, 11) is 0. The Kier molecular flexibility index (Phi) is 2.42. The van der Waals surface area contributed by atoms with Crippen LogP contribution >= 0.6 is 11.6 Å². The zero-order chi connectivity index (χ0) is 12.7. The van der Waals surface area contributed by atoms with Crippen LogP contribution in [0.25, 0.3) is 16.5 Å². The largest absolute Gasteiger partial charge is 0.360 e. The van der Waals surface area contributed by atoms with Gasteiger partial charge in [0.1, 0.15) is 0 Å². The normalized spacial score (nSPS) is 15.3. The van der Waals surface area contributed by atoms with Gasteiger partial charge in [-0.15, -0.1) is 0 Å². The second-order valence-electron chi connectivity index (χ2n) is 4.05. The van der Waals surface area contributed by atoms with Crippen LogP contribution in [0.1, 0.15) is 5.56 Å². The van der Waals surface area contributed by atoms with Crippen molar-refractivity contribution in [2.45, 2.75) is 0 Å². The summed E-state index contributed by atoms with van der Waals surface area (Å²) in [5, 5.41) is 1.50. The van der Waals surface area contributed by atoms with Crippen molar-refractivity contribution >= 4 is 39.6 Å². The van der Waals surface area contributed by atoms with Crippen molar-refractivity contribution < 1.29 is 9.59 Å². The molecule has 0 saturated heterocycles. The van der Waals surface area contributed by atoms with E-state index < -0.39 is 0 Å². The summed E-state index contributed by atoms with van der Waals surface area (Å²) in [5.74, 6) is -0.335. The molecule has 0 radical (unpaired) electrons. The molecular weight excluding hydrogens is 250 g/mol. The van der Waals surface area contributed by atoms with Crippen molar-refractivity contribution in [2.24, 2.45) is 0 Å². The number of benzene rings is 1. The number of nitrogens with one attached hydrogen (secondary N) is 1. The Bertz CT molecular complexity index is 737. The summed E-state index contributed by atoms with van der Waals surface area (Å²) in [4.78, 5) is 26.2. The molecule has 0 spiro atoms. The summed E-state index contributed by atoms with van der Waals surface area (Å²) in [6.45, 7) is 0. The highest BCUT2D eigenvalue weighted by Crippen LogP contribution is 2.28. The average Bonchev–Trinajstić information content (AvgIpc) is 2.75. The molecule has 0 amide bonds. The van der Waals surface area contributed by atoms with Crippen LogP contribution in [-0.4, -0.2) is 16.6 Å². The lowest BCUT2D eigenvalue weighted by Crippen LogP contribution is -2.06. The Morgan fingerprint density at radius 1 is 1.11 bits per heavy atom. The number of allylic oxidation sites excluding steroid dienone is 4. The van der Waals surface area contributed by atoms with E-state index >= 15 is 0 Å². The molecule has 1 heterocycles. The monoisotopic (exact) mass is 257 g/mol. The maximum Gasteiger partial charge on any atom is 0.186 e. The zero-order valence-corrected chi connectivity index (χ0v) is 9.99. The Labute approximate surface area is 108 Å². The van der Waals surface area contributed by atoms with Crippen molar-refractivity contribution in [1.82, 2.24) is 4.98 Å². The molecule has 0 fully saturated rings. The topological polar surface area (TPSA) is 49.9 Å². The third-order valence-corrected chi connectivity index (χ3v) is 3.12. The van der Waals surface area contributed by atoms with E-state index in [2.05, 4.69) is 4.98 Å². The number of hydrogen-bond acceptors (Lipinski definition) is 2. The number of carbonyl (C=O) groups is 2. The maximum absolute atomic E-state index is 11.8. The molecule has 4 heteroatoms. The second kappa shape index (κ2) is 3.96. The summed E-state index contributed by atoms with van der Waals surface area (Å²) in [6, 6.07) is 5.37. The molecule has 0 saturated carbocycles. The van der Waals surface area contributed by atoms with E-state index in [0.717, 1.165) is 16.5 Å². The SMILES string of the molecule is O=C1C=CC(=O)C(c2c[nH]c3cc(Cl)ccc23)=C1. The van der Waals surface area contributed by atoms with E-state index in [9.17, 15) is 9.59 Å². The van der Waals surface area contributed by atoms with Gasteiger partial charge in [0.2, 0.25) is 0 Å². The molecule has 18 heavy (non-hydrogen) atoms. The van der Waals surface area contributed by atoms with Crippen LogP contribution < -0.4 is 0 Å². The van der Waals surface area contributed by atoms with Gasteiger partial charge < -0.3 is 4.98 Å². The minimum Gasteiger partial charge on any atom is -0.360 e. The first-order valence-corrected chi connectivity index (χ1v) is 5.78. The van der Waals surface area contributed by atoms with Crippen LogP contribution in [0.4, 0.5) is 0 Å². The lowest BCUT2D eigenvalue weighted by Gasteiger charge is -2.05. The number of halogens is 1. The smallest absolute Gasteiger partial charge is 0.186 e. The molecule has 3 rings (SSSR count). The number of rotatable bonds is 1. The number of hydrogen-bond donors (Lipinski definition) is 1. The molecule has 1 aliphatic rings.